The van der Waals surface area contributed by atoms with Crippen LogP contribution in [0.4, 0.5) is 10.5 Å². The molecule has 24 heavy (non-hydrogen) atoms. The van der Waals surface area contributed by atoms with Crippen LogP contribution in [0.15, 0.2) is 47.4 Å². The zero-order valence-electron chi connectivity index (χ0n) is 14.2. The number of carbonyl (C=O) groups is 1. The Morgan fingerprint density at radius 2 is 1.96 bits per heavy atom. The van der Waals surface area contributed by atoms with Crippen molar-refractivity contribution in [3.8, 4) is 0 Å². The zero-order chi connectivity index (χ0) is 17.5. The fraction of sp³-hybridized carbons (Fsp3) is 0.333. The summed E-state index contributed by atoms with van der Waals surface area (Å²) < 4.78 is 7.11. The lowest BCUT2D eigenvalue weighted by Crippen LogP contribution is -2.35. The van der Waals surface area contributed by atoms with Crippen molar-refractivity contribution >= 4 is 11.7 Å². The summed E-state index contributed by atoms with van der Waals surface area (Å²) in [5.41, 5.74) is 1.75. The van der Waals surface area contributed by atoms with E-state index in [0.29, 0.717) is 13.2 Å². The summed E-state index contributed by atoms with van der Waals surface area (Å²) in [6.07, 6.45) is 1.43. The van der Waals surface area contributed by atoms with Gasteiger partial charge >= 0.3 is 6.03 Å². The molecule has 0 aliphatic rings. The molecule has 2 amide bonds. The van der Waals surface area contributed by atoms with Crippen LogP contribution in [0, 0.1) is 6.92 Å². The van der Waals surface area contributed by atoms with Crippen molar-refractivity contribution in [2.24, 2.45) is 7.05 Å². The SMILES string of the molecule is CCO[C@H](CNC(=O)Nc1c(C)ccn(C)c1=O)c1ccccc1. The predicted molar refractivity (Wildman–Crippen MR) is 94.3 cm³/mol. The van der Waals surface area contributed by atoms with Crippen LogP contribution in [0.2, 0.25) is 0 Å². The molecule has 2 aromatic rings. The second-order valence-electron chi connectivity index (χ2n) is 5.48. The summed E-state index contributed by atoms with van der Waals surface area (Å²) in [6.45, 7) is 4.55. The quantitative estimate of drug-likeness (QED) is 0.855. The monoisotopic (exact) mass is 329 g/mol. The molecule has 0 saturated carbocycles. The Hall–Kier alpha value is -2.60. The molecule has 0 aliphatic heterocycles. The fourth-order valence-corrected chi connectivity index (χ4v) is 2.36. The number of amides is 2. The molecular formula is C18H23N3O3. The molecule has 1 atom stereocenters. The summed E-state index contributed by atoms with van der Waals surface area (Å²) in [4.78, 5) is 24.2. The lowest BCUT2D eigenvalue weighted by Gasteiger charge is -2.18. The first-order valence-electron chi connectivity index (χ1n) is 7.90. The number of aromatic nitrogens is 1. The molecule has 1 heterocycles. The molecule has 0 saturated heterocycles. The molecule has 0 unspecified atom stereocenters. The van der Waals surface area contributed by atoms with Crippen LogP contribution in [0.1, 0.15) is 24.2 Å². The molecule has 0 radical (unpaired) electrons. The standard InChI is InChI=1S/C18H23N3O3/c1-4-24-15(14-8-6-5-7-9-14)12-19-18(23)20-16-13(2)10-11-21(3)17(16)22/h5-11,15H,4,12H2,1-3H3,(H2,19,20,23)/t15-/m1/s1. The number of pyridine rings is 1. The van der Waals surface area contributed by atoms with Gasteiger partial charge < -0.3 is 19.9 Å². The maximum absolute atomic E-state index is 12.1. The molecular weight excluding hydrogens is 306 g/mol. The molecule has 2 N–H and O–H groups in total. The molecule has 1 aromatic carbocycles. The lowest BCUT2D eigenvalue weighted by molar-refractivity contribution is 0.0643. The topological polar surface area (TPSA) is 72.4 Å². The number of carbonyl (C=O) groups excluding carboxylic acids is 1. The highest BCUT2D eigenvalue weighted by molar-refractivity contribution is 5.89. The van der Waals surface area contributed by atoms with Gasteiger partial charge in [-0.05, 0) is 31.0 Å². The molecule has 0 fully saturated rings. The third-order valence-electron chi connectivity index (χ3n) is 3.70. The van der Waals surface area contributed by atoms with Gasteiger partial charge in [-0.1, -0.05) is 30.3 Å². The van der Waals surface area contributed by atoms with Gasteiger partial charge in [0.25, 0.3) is 5.56 Å². The van der Waals surface area contributed by atoms with Gasteiger partial charge in [0.2, 0.25) is 0 Å². The average Bonchev–Trinajstić information content (AvgIpc) is 2.59. The number of hydrogen-bond acceptors (Lipinski definition) is 3. The van der Waals surface area contributed by atoms with Crippen molar-refractivity contribution in [2.75, 3.05) is 18.5 Å². The van der Waals surface area contributed by atoms with Gasteiger partial charge in [-0.3, -0.25) is 4.79 Å². The molecule has 2 rings (SSSR count). The first kappa shape index (κ1) is 17.7. The van der Waals surface area contributed by atoms with Gasteiger partial charge in [-0.25, -0.2) is 4.79 Å². The number of hydrogen-bond donors (Lipinski definition) is 2. The van der Waals surface area contributed by atoms with Crippen molar-refractivity contribution < 1.29 is 9.53 Å². The van der Waals surface area contributed by atoms with Crippen molar-refractivity contribution in [1.29, 1.82) is 0 Å². The van der Waals surface area contributed by atoms with Crippen LogP contribution in [-0.4, -0.2) is 23.7 Å². The summed E-state index contributed by atoms with van der Waals surface area (Å²) in [7, 11) is 1.64. The number of benzene rings is 1. The van der Waals surface area contributed by atoms with Crippen molar-refractivity contribution in [3.05, 3.63) is 64.1 Å². The van der Waals surface area contributed by atoms with Crippen molar-refractivity contribution in [2.45, 2.75) is 20.0 Å². The Morgan fingerprint density at radius 3 is 2.62 bits per heavy atom. The minimum Gasteiger partial charge on any atom is -0.372 e. The highest BCUT2D eigenvalue weighted by Gasteiger charge is 2.14. The van der Waals surface area contributed by atoms with E-state index in [2.05, 4.69) is 10.6 Å². The second-order valence-corrected chi connectivity index (χ2v) is 5.48. The summed E-state index contributed by atoms with van der Waals surface area (Å²) >= 11 is 0. The zero-order valence-corrected chi connectivity index (χ0v) is 14.2. The Bertz CT molecular complexity index is 741. The van der Waals surface area contributed by atoms with E-state index in [1.807, 2.05) is 37.3 Å². The molecule has 0 aliphatic carbocycles. The van der Waals surface area contributed by atoms with Crippen LogP contribution in [0.5, 0.6) is 0 Å². The largest absolute Gasteiger partial charge is 0.372 e. The third kappa shape index (κ3) is 4.45. The fourth-order valence-electron chi connectivity index (χ4n) is 2.36. The Kier molecular flexibility index (Phi) is 6.14. The molecule has 6 heteroatoms. The van der Waals surface area contributed by atoms with Gasteiger partial charge in [-0.15, -0.1) is 0 Å². The lowest BCUT2D eigenvalue weighted by atomic mass is 10.1. The minimum atomic E-state index is -0.429. The van der Waals surface area contributed by atoms with E-state index >= 15 is 0 Å². The van der Waals surface area contributed by atoms with Crippen LogP contribution >= 0.6 is 0 Å². The van der Waals surface area contributed by atoms with Crippen LogP contribution in [-0.2, 0) is 11.8 Å². The number of aryl methyl sites for hydroxylation is 2. The Morgan fingerprint density at radius 1 is 1.25 bits per heavy atom. The highest BCUT2D eigenvalue weighted by Crippen LogP contribution is 2.16. The van der Waals surface area contributed by atoms with Crippen molar-refractivity contribution in [3.63, 3.8) is 0 Å². The number of anilines is 1. The van der Waals surface area contributed by atoms with Gasteiger partial charge in [0, 0.05) is 26.4 Å². The Labute approximate surface area is 141 Å². The first-order valence-corrected chi connectivity index (χ1v) is 7.90. The summed E-state index contributed by atoms with van der Waals surface area (Å²) in [6, 6.07) is 11.1. The average molecular weight is 329 g/mol. The molecule has 1 aromatic heterocycles. The maximum Gasteiger partial charge on any atom is 0.319 e. The van der Waals surface area contributed by atoms with E-state index < -0.39 is 6.03 Å². The van der Waals surface area contributed by atoms with Crippen LogP contribution in [0.3, 0.4) is 0 Å². The van der Waals surface area contributed by atoms with Gasteiger partial charge in [0.05, 0.1) is 6.10 Å². The predicted octanol–water partition coefficient (Wildman–Crippen LogP) is 2.59. The highest BCUT2D eigenvalue weighted by atomic mass is 16.5. The van der Waals surface area contributed by atoms with Gasteiger partial charge in [-0.2, -0.15) is 0 Å². The second kappa shape index (κ2) is 8.31. The normalized spacial score (nSPS) is 11.8. The number of rotatable bonds is 6. The summed E-state index contributed by atoms with van der Waals surface area (Å²) in [5, 5.41) is 5.39. The first-order chi connectivity index (χ1) is 11.5. The van der Waals surface area contributed by atoms with Crippen LogP contribution in [0.25, 0.3) is 0 Å². The summed E-state index contributed by atoms with van der Waals surface area (Å²) in [5.74, 6) is 0. The van der Waals surface area contributed by atoms with E-state index in [4.69, 9.17) is 4.74 Å². The number of nitrogens with zero attached hydrogens (tertiary/aromatic N) is 1. The molecule has 0 bridgehead atoms. The Balaban J connectivity index is 2.02. The van der Waals surface area contributed by atoms with Gasteiger partial charge in [0.15, 0.2) is 0 Å². The van der Waals surface area contributed by atoms with E-state index in [1.165, 1.54) is 4.57 Å². The van der Waals surface area contributed by atoms with Crippen molar-refractivity contribution in [1.82, 2.24) is 9.88 Å². The van der Waals surface area contributed by atoms with Crippen LogP contribution < -0.4 is 16.2 Å². The molecule has 128 valence electrons. The van der Waals surface area contributed by atoms with E-state index in [0.717, 1.165) is 11.1 Å². The number of ether oxygens (including phenoxy) is 1. The van der Waals surface area contributed by atoms with E-state index in [1.54, 1.807) is 26.2 Å². The minimum absolute atomic E-state index is 0.235. The molecule has 0 spiro atoms. The smallest absolute Gasteiger partial charge is 0.319 e. The van der Waals surface area contributed by atoms with Gasteiger partial charge in [0.1, 0.15) is 5.69 Å². The maximum atomic E-state index is 12.1. The molecule has 6 nitrogen and oxygen atoms in total. The number of urea groups is 1. The third-order valence-corrected chi connectivity index (χ3v) is 3.70. The number of nitrogens with one attached hydrogen (secondary N) is 2. The van der Waals surface area contributed by atoms with E-state index in [9.17, 15) is 9.59 Å². The van der Waals surface area contributed by atoms with E-state index in [-0.39, 0.29) is 17.4 Å².